The van der Waals surface area contributed by atoms with E-state index in [0.29, 0.717) is 13.0 Å². The molecule has 1 aliphatic rings. The monoisotopic (exact) mass is 250 g/mol. The van der Waals surface area contributed by atoms with Crippen molar-refractivity contribution in [2.24, 2.45) is 0 Å². The van der Waals surface area contributed by atoms with E-state index in [2.05, 4.69) is 5.32 Å². The van der Waals surface area contributed by atoms with Crippen molar-refractivity contribution in [1.82, 2.24) is 10.2 Å². The first-order valence-electron chi connectivity index (χ1n) is 5.98. The van der Waals surface area contributed by atoms with Gasteiger partial charge in [0.1, 0.15) is 5.75 Å². The molecule has 2 rings (SSSR count). The molecule has 0 aliphatic carbocycles. The normalized spacial score (nSPS) is 23.0. The first-order valence-corrected chi connectivity index (χ1v) is 5.98. The summed E-state index contributed by atoms with van der Waals surface area (Å²) in [6.45, 7) is 1.51. The molecule has 1 unspecified atom stereocenters. The Bertz CT molecular complexity index is 442. The van der Waals surface area contributed by atoms with Crippen molar-refractivity contribution >= 4 is 5.91 Å². The first-order chi connectivity index (χ1) is 8.52. The van der Waals surface area contributed by atoms with Crippen molar-refractivity contribution in [3.8, 4) is 5.75 Å². The number of benzene rings is 1. The summed E-state index contributed by atoms with van der Waals surface area (Å²) in [5, 5.41) is 22.9. The summed E-state index contributed by atoms with van der Waals surface area (Å²) < 4.78 is 0. The molecule has 18 heavy (non-hydrogen) atoms. The molecule has 0 radical (unpaired) electrons. The molecule has 5 heteroatoms. The summed E-state index contributed by atoms with van der Waals surface area (Å²) in [5.74, 6) is -0.320. The Morgan fingerprint density at radius 1 is 1.50 bits per heavy atom. The SMILES string of the molecule is CN(CC1(O)CCNC1)C(=O)c1ccccc1O. The third kappa shape index (κ3) is 2.63. The topological polar surface area (TPSA) is 72.8 Å². The first kappa shape index (κ1) is 12.9. The summed E-state index contributed by atoms with van der Waals surface area (Å²) in [6.07, 6.45) is 0.630. The van der Waals surface area contributed by atoms with Crippen molar-refractivity contribution in [1.29, 1.82) is 0 Å². The number of rotatable bonds is 3. The van der Waals surface area contributed by atoms with E-state index in [0.717, 1.165) is 6.54 Å². The highest BCUT2D eigenvalue weighted by molar-refractivity contribution is 5.96. The third-order valence-electron chi connectivity index (χ3n) is 3.23. The van der Waals surface area contributed by atoms with Gasteiger partial charge >= 0.3 is 0 Å². The molecule has 0 spiro atoms. The summed E-state index contributed by atoms with van der Waals surface area (Å²) >= 11 is 0. The summed E-state index contributed by atoms with van der Waals surface area (Å²) in [5.41, 5.74) is -0.607. The van der Waals surface area contributed by atoms with E-state index < -0.39 is 5.60 Å². The Labute approximate surface area is 106 Å². The molecule has 1 aromatic rings. The molecule has 1 fully saturated rings. The minimum atomic E-state index is -0.866. The van der Waals surface area contributed by atoms with Crippen molar-refractivity contribution < 1.29 is 15.0 Å². The van der Waals surface area contributed by atoms with E-state index in [1.165, 1.54) is 11.0 Å². The maximum absolute atomic E-state index is 12.1. The molecule has 0 saturated carbocycles. The molecule has 1 heterocycles. The zero-order valence-electron chi connectivity index (χ0n) is 10.4. The zero-order valence-corrected chi connectivity index (χ0v) is 10.4. The van der Waals surface area contributed by atoms with Gasteiger partial charge in [-0.25, -0.2) is 0 Å². The second-order valence-corrected chi connectivity index (χ2v) is 4.83. The van der Waals surface area contributed by atoms with Gasteiger partial charge in [0.15, 0.2) is 0 Å². The van der Waals surface area contributed by atoms with E-state index in [4.69, 9.17) is 0 Å². The van der Waals surface area contributed by atoms with Crippen LogP contribution in [0.5, 0.6) is 5.75 Å². The quantitative estimate of drug-likeness (QED) is 0.716. The number of nitrogens with zero attached hydrogens (tertiary/aromatic N) is 1. The predicted molar refractivity (Wildman–Crippen MR) is 67.5 cm³/mol. The second kappa shape index (κ2) is 4.96. The van der Waals surface area contributed by atoms with E-state index in [1.807, 2.05) is 0 Å². The number of carbonyl (C=O) groups excluding carboxylic acids is 1. The molecule has 1 amide bonds. The van der Waals surface area contributed by atoms with Gasteiger partial charge in [0, 0.05) is 13.6 Å². The predicted octanol–water partition coefficient (Wildman–Crippen LogP) is 0.189. The second-order valence-electron chi connectivity index (χ2n) is 4.83. The van der Waals surface area contributed by atoms with E-state index in [9.17, 15) is 15.0 Å². The third-order valence-corrected chi connectivity index (χ3v) is 3.23. The van der Waals surface area contributed by atoms with Gasteiger partial charge in [-0.05, 0) is 25.1 Å². The minimum absolute atomic E-state index is 0.0362. The fraction of sp³-hybridized carbons (Fsp3) is 0.462. The van der Waals surface area contributed by atoms with Crippen LogP contribution in [0.15, 0.2) is 24.3 Å². The number of phenolic OH excluding ortho intramolecular Hbond substituents is 1. The Morgan fingerprint density at radius 2 is 2.22 bits per heavy atom. The van der Waals surface area contributed by atoms with Gasteiger partial charge < -0.3 is 20.4 Å². The molecule has 1 aromatic carbocycles. The molecular formula is C13H18N2O3. The summed E-state index contributed by atoms with van der Waals surface area (Å²) in [7, 11) is 1.63. The van der Waals surface area contributed by atoms with E-state index in [1.54, 1.807) is 25.2 Å². The van der Waals surface area contributed by atoms with E-state index >= 15 is 0 Å². The highest BCUT2D eigenvalue weighted by Gasteiger charge is 2.33. The van der Waals surface area contributed by atoms with Crippen LogP contribution < -0.4 is 5.32 Å². The van der Waals surface area contributed by atoms with Crippen LogP contribution in [0.1, 0.15) is 16.8 Å². The van der Waals surface area contributed by atoms with Crippen molar-refractivity contribution in [2.75, 3.05) is 26.7 Å². The fourth-order valence-corrected chi connectivity index (χ4v) is 2.24. The molecule has 0 bridgehead atoms. The maximum Gasteiger partial charge on any atom is 0.257 e. The zero-order chi connectivity index (χ0) is 13.2. The van der Waals surface area contributed by atoms with Crippen LogP contribution >= 0.6 is 0 Å². The molecule has 3 N–H and O–H groups in total. The Balaban J connectivity index is 2.07. The number of aromatic hydroxyl groups is 1. The number of hydrogen-bond donors (Lipinski definition) is 3. The Morgan fingerprint density at radius 3 is 2.83 bits per heavy atom. The fourth-order valence-electron chi connectivity index (χ4n) is 2.24. The van der Waals surface area contributed by atoms with Gasteiger partial charge in [-0.1, -0.05) is 12.1 Å². The van der Waals surface area contributed by atoms with Crippen molar-refractivity contribution in [3.63, 3.8) is 0 Å². The smallest absolute Gasteiger partial charge is 0.257 e. The van der Waals surface area contributed by atoms with Gasteiger partial charge in [-0.3, -0.25) is 4.79 Å². The largest absolute Gasteiger partial charge is 0.507 e. The van der Waals surface area contributed by atoms with E-state index in [-0.39, 0.29) is 23.8 Å². The van der Waals surface area contributed by atoms with Gasteiger partial charge in [0.05, 0.1) is 17.7 Å². The molecule has 5 nitrogen and oxygen atoms in total. The van der Waals surface area contributed by atoms with Crippen molar-refractivity contribution in [2.45, 2.75) is 12.0 Å². The van der Waals surface area contributed by atoms with Gasteiger partial charge in [0.25, 0.3) is 5.91 Å². The lowest BCUT2D eigenvalue weighted by Gasteiger charge is -2.28. The summed E-state index contributed by atoms with van der Waals surface area (Å²) in [4.78, 5) is 13.6. The molecule has 1 atom stereocenters. The van der Waals surface area contributed by atoms with Crippen LogP contribution in [0.3, 0.4) is 0 Å². The lowest BCUT2D eigenvalue weighted by Crippen LogP contribution is -2.45. The van der Waals surface area contributed by atoms with Gasteiger partial charge in [0.2, 0.25) is 0 Å². The molecule has 0 aromatic heterocycles. The molecule has 98 valence electrons. The summed E-state index contributed by atoms with van der Waals surface area (Å²) in [6, 6.07) is 6.42. The Hall–Kier alpha value is -1.59. The van der Waals surface area contributed by atoms with Crippen molar-refractivity contribution in [3.05, 3.63) is 29.8 Å². The van der Waals surface area contributed by atoms with Crippen LogP contribution in [0.4, 0.5) is 0 Å². The number of nitrogens with one attached hydrogen (secondary N) is 1. The number of para-hydroxylation sites is 1. The van der Waals surface area contributed by atoms with Gasteiger partial charge in [-0.15, -0.1) is 0 Å². The average Bonchev–Trinajstić information content (AvgIpc) is 2.75. The Kier molecular flexibility index (Phi) is 3.54. The highest BCUT2D eigenvalue weighted by atomic mass is 16.3. The van der Waals surface area contributed by atoms with Crippen LogP contribution in [-0.4, -0.2) is 53.3 Å². The lowest BCUT2D eigenvalue weighted by molar-refractivity contribution is 0.0251. The average molecular weight is 250 g/mol. The standard InChI is InChI=1S/C13H18N2O3/c1-15(9-13(18)6-7-14-8-13)12(17)10-4-2-3-5-11(10)16/h2-5,14,16,18H,6-9H2,1H3. The lowest BCUT2D eigenvalue weighted by atomic mass is 10.0. The number of carbonyl (C=O) groups is 1. The maximum atomic E-state index is 12.1. The highest BCUT2D eigenvalue weighted by Crippen LogP contribution is 2.20. The minimum Gasteiger partial charge on any atom is -0.507 e. The molecule has 1 saturated heterocycles. The number of likely N-dealkylation sites (N-methyl/N-ethyl adjacent to an activating group) is 1. The van der Waals surface area contributed by atoms with Crippen LogP contribution in [0, 0.1) is 0 Å². The molecule has 1 aliphatic heterocycles. The van der Waals surface area contributed by atoms with Crippen LogP contribution in [-0.2, 0) is 0 Å². The molecular weight excluding hydrogens is 232 g/mol. The van der Waals surface area contributed by atoms with Crippen LogP contribution in [0.25, 0.3) is 0 Å². The number of amides is 1. The number of hydrogen-bond acceptors (Lipinski definition) is 4. The number of aliphatic hydroxyl groups is 1. The van der Waals surface area contributed by atoms with Gasteiger partial charge in [-0.2, -0.15) is 0 Å². The number of phenols is 1. The van der Waals surface area contributed by atoms with Crippen LogP contribution in [0.2, 0.25) is 0 Å². The number of β-amino-alcohol motifs (C(OH)–C–C–N with tert-alkyl or cyclic N) is 1.